The van der Waals surface area contributed by atoms with Crippen LogP contribution in [0.5, 0.6) is 0 Å². The van der Waals surface area contributed by atoms with Gasteiger partial charge in [-0.15, -0.1) is 24.8 Å². The average Bonchev–Trinajstić information content (AvgIpc) is 1.93. The van der Waals surface area contributed by atoms with Crippen LogP contribution in [0.3, 0.4) is 0 Å². The minimum Gasteiger partial charge on any atom is -0.663 e. The standard InChI is InChI=1S/2C4H10N.2ClH.Hf/c2*1-3-5-4-2;;;/h2*3-4H2,1-2H3;2*1H;/q2*-1;;;. The van der Waals surface area contributed by atoms with E-state index in [1.807, 2.05) is 27.7 Å². The first-order valence-corrected chi connectivity index (χ1v) is 4.09. The van der Waals surface area contributed by atoms with Crippen LogP contribution in [0.4, 0.5) is 0 Å². The molecule has 0 aliphatic rings. The van der Waals surface area contributed by atoms with Crippen LogP contribution in [-0.2, 0) is 25.8 Å². The molecular weight excluding hydrogens is 373 g/mol. The summed E-state index contributed by atoms with van der Waals surface area (Å²) >= 11 is 0. The van der Waals surface area contributed by atoms with Gasteiger partial charge in [-0.1, -0.05) is 27.7 Å². The Morgan fingerprint density at radius 2 is 0.769 bits per heavy atom. The fourth-order valence-corrected chi connectivity index (χ4v) is 0.447. The van der Waals surface area contributed by atoms with Crippen LogP contribution >= 0.6 is 24.8 Å². The van der Waals surface area contributed by atoms with Crippen molar-refractivity contribution < 1.29 is 25.8 Å². The molecule has 0 fully saturated rings. The Morgan fingerprint density at radius 3 is 0.769 bits per heavy atom. The van der Waals surface area contributed by atoms with E-state index >= 15 is 0 Å². The van der Waals surface area contributed by atoms with E-state index in [0.717, 1.165) is 26.2 Å². The van der Waals surface area contributed by atoms with Crippen LogP contribution in [0.15, 0.2) is 0 Å². The minimum atomic E-state index is 0. The summed E-state index contributed by atoms with van der Waals surface area (Å²) in [5, 5.41) is 7.94. The monoisotopic (exact) mass is 396 g/mol. The third kappa shape index (κ3) is 59.9. The average molecular weight is 396 g/mol. The first-order chi connectivity index (χ1) is 4.83. The third-order valence-electron chi connectivity index (χ3n) is 0.894. The molecule has 0 atom stereocenters. The quantitative estimate of drug-likeness (QED) is 0.650. The normalized spacial score (nSPS) is 6.46. The van der Waals surface area contributed by atoms with E-state index < -0.39 is 0 Å². The van der Waals surface area contributed by atoms with Gasteiger partial charge in [0.15, 0.2) is 0 Å². The van der Waals surface area contributed by atoms with Gasteiger partial charge in [0.25, 0.3) is 0 Å². The molecule has 0 bridgehead atoms. The molecule has 0 aromatic rings. The van der Waals surface area contributed by atoms with Gasteiger partial charge in [0.2, 0.25) is 0 Å². The zero-order valence-electron chi connectivity index (χ0n) is 9.04. The molecule has 0 aromatic heterocycles. The molecular formula is C8H22Cl2HfN2-2. The Kier molecular flexibility index (Phi) is 84.8. The Morgan fingerprint density at radius 1 is 0.615 bits per heavy atom. The second kappa shape index (κ2) is 37.7. The van der Waals surface area contributed by atoms with Gasteiger partial charge in [-0.25, -0.2) is 0 Å². The summed E-state index contributed by atoms with van der Waals surface area (Å²) in [6.07, 6.45) is 0. The fourth-order valence-electron chi connectivity index (χ4n) is 0.447. The van der Waals surface area contributed by atoms with E-state index in [1.54, 1.807) is 0 Å². The predicted molar refractivity (Wildman–Crippen MR) is 63.4 cm³/mol. The zero-order chi connectivity index (χ0) is 8.24. The molecule has 0 saturated carbocycles. The van der Waals surface area contributed by atoms with Crippen LogP contribution < -0.4 is 0 Å². The first kappa shape index (κ1) is 29.3. The van der Waals surface area contributed by atoms with Crippen molar-refractivity contribution in [2.75, 3.05) is 26.2 Å². The first-order valence-electron chi connectivity index (χ1n) is 4.09. The van der Waals surface area contributed by atoms with Gasteiger partial charge >= 0.3 is 0 Å². The molecule has 0 aromatic carbocycles. The van der Waals surface area contributed by atoms with Crippen molar-refractivity contribution >= 4 is 24.8 Å². The summed E-state index contributed by atoms with van der Waals surface area (Å²) in [7, 11) is 0. The van der Waals surface area contributed by atoms with Crippen molar-refractivity contribution in [3.63, 3.8) is 0 Å². The molecule has 0 radical (unpaired) electrons. The van der Waals surface area contributed by atoms with Crippen molar-refractivity contribution in [2.24, 2.45) is 0 Å². The molecule has 2 nitrogen and oxygen atoms in total. The topological polar surface area (TPSA) is 28.2 Å². The smallest absolute Gasteiger partial charge is 0 e. The molecule has 0 aliphatic heterocycles. The molecule has 0 N–H and O–H groups in total. The molecule has 0 rings (SSSR count). The maximum Gasteiger partial charge on any atom is 0 e. The van der Waals surface area contributed by atoms with Gasteiger partial charge in [-0.05, 0) is 0 Å². The van der Waals surface area contributed by atoms with Crippen LogP contribution in [0, 0.1) is 0 Å². The molecule has 0 heterocycles. The van der Waals surface area contributed by atoms with E-state index in [2.05, 4.69) is 10.6 Å². The van der Waals surface area contributed by atoms with Gasteiger partial charge in [-0.2, -0.15) is 26.2 Å². The second-order valence-electron chi connectivity index (χ2n) is 1.71. The van der Waals surface area contributed by atoms with E-state index in [4.69, 9.17) is 0 Å². The molecule has 0 unspecified atom stereocenters. The Labute approximate surface area is 115 Å². The summed E-state index contributed by atoms with van der Waals surface area (Å²) in [6, 6.07) is 0. The molecule has 0 spiro atoms. The zero-order valence-corrected chi connectivity index (χ0v) is 14.3. The predicted octanol–water partition coefficient (Wildman–Crippen LogP) is 3.64. The van der Waals surface area contributed by atoms with Crippen molar-refractivity contribution in [1.29, 1.82) is 0 Å². The van der Waals surface area contributed by atoms with Gasteiger partial charge in [0.1, 0.15) is 0 Å². The summed E-state index contributed by atoms with van der Waals surface area (Å²) < 4.78 is 0. The third-order valence-corrected chi connectivity index (χ3v) is 0.894. The van der Waals surface area contributed by atoms with E-state index in [0.29, 0.717) is 0 Å². The molecule has 13 heavy (non-hydrogen) atoms. The maximum absolute atomic E-state index is 3.97. The van der Waals surface area contributed by atoms with E-state index in [-0.39, 0.29) is 50.7 Å². The largest absolute Gasteiger partial charge is 0.663 e. The van der Waals surface area contributed by atoms with E-state index in [1.165, 1.54) is 0 Å². The molecule has 0 aliphatic carbocycles. The van der Waals surface area contributed by atoms with Crippen LogP contribution in [0.25, 0.3) is 10.6 Å². The Bertz CT molecular complexity index is 41.1. The number of halogens is 2. The van der Waals surface area contributed by atoms with Crippen molar-refractivity contribution in [3.8, 4) is 0 Å². The molecule has 0 amide bonds. The van der Waals surface area contributed by atoms with Gasteiger partial charge in [0.05, 0.1) is 0 Å². The number of hydrogen-bond acceptors (Lipinski definition) is 0. The summed E-state index contributed by atoms with van der Waals surface area (Å²) in [4.78, 5) is 0. The van der Waals surface area contributed by atoms with Gasteiger partial charge < -0.3 is 10.6 Å². The molecule has 0 saturated heterocycles. The molecule has 84 valence electrons. The van der Waals surface area contributed by atoms with Crippen LogP contribution in [-0.4, -0.2) is 26.2 Å². The Hall–Kier alpha value is 1.37. The summed E-state index contributed by atoms with van der Waals surface area (Å²) in [6.45, 7) is 12.1. The molecule has 5 heteroatoms. The Balaban J connectivity index is -0.0000000267. The minimum absolute atomic E-state index is 0. The van der Waals surface area contributed by atoms with Crippen molar-refractivity contribution in [2.45, 2.75) is 27.7 Å². The van der Waals surface area contributed by atoms with Gasteiger partial charge in [0, 0.05) is 25.8 Å². The summed E-state index contributed by atoms with van der Waals surface area (Å²) in [5.41, 5.74) is 0. The maximum atomic E-state index is 3.97. The van der Waals surface area contributed by atoms with Crippen molar-refractivity contribution in [1.82, 2.24) is 0 Å². The van der Waals surface area contributed by atoms with E-state index in [9.17, 15) is 0 Å². The number of hydrogen-bond donors (Lipinski definition) is 0. The number of rotatable bonds is 4. The fraction of sp³-hybridized carbons (Fsp3) is 1.00. The van der Waals surface area contributed by atoms with Crippen molar-refractivity contribution in [3.05, 3.63) is 10.6 Å². The van der Waals surface area contributed by atoms with Gasteiger partial charge in [-0.3, -0.25) is 0 Å². The summed E-state index contributed by atoms with van der Waals surface area (Å²) in [5.74, 6) is 0. The SMILES string of the molecule is CC[N-]CC.CC[N-]CC.Cl.Cl.[Hf]. The van der Waals surface area contributed by atoms with Crippen LogP contribution in [0.1, 0.15) is 27.7 Å². The van der Waals surface area contributed by atoms with Crippen LogP contribution in [0.2, 0.25) is 0 Å². The number of nitrogens with zero attached hydrogens (tertiary/aromatic N) is 2. The second-order valence-corrected chi connectivity index (χ2v) is 1.71.